The lowest BCUT2D eigenvalue weighted by atomic mass is 9.70. The van der Waals surface area contributed by atoms with Gasteiger partial charge in [0.15, 0.2) is 0 Å². The quantitative estimate of drug-likeness (QED) is 0.116. The maximum Gasteiger partial charge on any atom is 0.0458 e. The molecule has 4 aromatic carbocycles. The monoisotopic (exact) mass is 585 g/mol. The van der Waals surface area contributed by atoms with Gasteiger partial charge in [0.1, 0.15) is 0 Å². The van der Waals surface area contributed by atoms with Crippen molar-refractivity contribution in [2.45, 2.75) is 125 Å². The van der Waals surface area contributed by atoms with Crippen molar-refractivity contribution in [3.8, 4) is 0 Å². The Morgan fingerprint density at radius 3 is 1.30 bits per heavy atom. The Hall–Kier alpha value is -3.12. The third-order valence-corrected chi connectivity index (χ3v) is 8.88. The zero-order chi connectivity index (χ0) is 31.3. The van der Waals surface area contributed by atoms with Crippen LogP contribution in [-0.4, -0.2) is 0 Å². The predicted octanol–water partition coefficient (Wildman–Crippen LogP) is 12.2. The van der Waals surface area contributed by atoms with Gasteiger partial charge in [-0.05, 0) is 94.2 Å². The smallest absolute Gasteiger partial charge is 0.0458 e. The average molecular weight is 586 g/mol. The fraction of sp³-hybridized carbons (Fsp3) is 0.432. The highest BCUT2D eigenvalue weighted by atomic mass is 14.3. The second kappa shape index (κ2) is 17.4. The molecule has 0 aromatic heterocycles. The highest BCUT2D eigenvalue weighted by Crippen LogP contribution is 2.45. The maximum atomic E-state index is 2.57. The first kappa shape index (κ1) is 33.8. The normalized spacial score (nSPS) is 12.2. The first-order chi connectivity index (χ1) is 21.5. The van der Waals surface area contributed by atoms with E-state index in [0.29, 0.717) is 0 Å². The third kappa shape index (κ3) is 8.74. The summed E-state index contributed by atoms with van der Waals surface area (Å²) in [6, 6.07) is 33.9. The van der Waals surface area contributed by atoms with E-state index in [0.717, 1.165) is 51.4 Å². The summed E-state index contributed by atoms with van der Waals surface area (Å²) >= 11 is 0. The number of benzene rings is 4. The Labute approximate surface area is 270 Å². The van der Waals surface area contributed by atoms with Crippen LogP contribution in [0.4, 0.5) is 0 Å². The van der Waals surface area contributed by atoms with Crippen molar-refractivity contribution in [2.75, 3.05) is 0 Å². The molecule has 0 fully saturated rings. The summed E-state index contributed by atoms with van der Waals surface area (Å²) in [6.45, 7) is 13.9. The zero-order valence-electron chi connectivity index (χ0n) is 28.6. The molecule has 0 spiro atoms. The van der Waals surface area contributed by atoms with Gasteiger partial charge in [0.05, 0.1) is 0 Å². The van der Waals surface area contributed by atoms with E-state index in [-0.39, 0.29) is 5.92 Å². The Bertz CT molecular complexity index is 1320. The van der Waals surface area contributed by atoms with Gasteiger partial charge in [-0.3, -0.25) is 0 Å². The van der Waals surface area contributed by atoms with Crippen molar-refractivity contribution in [3.63, 3.8) is 0 Å². The number of aryl methyl sites for hydroxylation is 6. The molecule has 4 rings (SSSR count). The summed E-state index contributed by atoms with van der Waals surface area (Å²) in [5, 5.41) is 0. The van der Waals surface area contributed by atoms with Crippen molar-refractivity contribution in [3.05, 3.63) is 146 Å². The fourth-order valence-corrected chi connectivity index (χ4v) is 7.07. The van der Waals surface area contributed by atoms with Gasteiger partial charge in [-0.2, -0.15) is 0 Å². The molecule has 4 aromatic rings. The molecule has 1 atom stereocenters. The van der Waals surface area contributed by atoms with Gasteiger partial charge >= 0.3 is 0 Å². The van der Waals surface area contributed by atoms with E-state index in [4.69, 9.17) is 0 Å². The van der Waals surface area contributed by atoms with Crippen LogP contribution in [0.5, 0.6) is 0 Å². The van der Waals surface area contributed by atoms with E-state index in [1.54, 1.807) is 0 Å². The standard InChI is InChI=1S/C44H57/c1-7-16-33-24-25-38(21-12-6)42(32-33)44(39-22-14-13-15-23-39)43(40-28-34(17-8-2)26-35(29-40)18-9-3)41-30-36(19-10-4)27-37(31-41)20-11-5/h13-15,22-32,44H,7-12,16-21H2,1-6H3. The van der Waals surface area contributed by atoms with Gasteiger partial charge < -0.3 is 0 Å². The molecular weight excluding hydrogens is 528 g/mol. The van der Waals surface area contributed by atoms with E-state index < -0.39 is 0 Å². The summed E-state index contributed by atoms with van der Waals surface area (Å²) in [7, 11) is 0. The molecule has 0 bridgehead atoms. The molecule has 1 unspecified atom stereocenters. The van der Waals surface area contributed by atoms with Crippen LogP contribution >= 0.6 is 0 Å². The molecular formula is C44H57. The summed E-state index contributed by atoms with van der Waals surface area (Å²) in [6.07, 6.45) is 13.7. The summed E-state index contributed by atoms with van der Waals surface area (Å²) in [4.78, 5) is 0. The van der Waals surface area contributed by atoms with Crippen LogP contribution in [0.2, 0.25) is 0 Å². The molecule has 44 heavy (non-hydrogen) atoms. The minimum Gasteiger partial charge on any atom is -0.0651 e. The van der Waals surface area contributed by atoms with Crippen molar-refractivity contribution in [1.29, 1.82) is 0 Å². The second-order valence-corrected chi connectivity index (χ2v) is 12.9. The lowest BCUT2D eigenvalue weighted by Gasteiger charge is -2.32. The van der Waals surface area contributed by atoms with Crippen LogP contribution < -0.4 is 0 Å². The lowest BCUT2D eigenvalue weighted by Crippen LogP contribution is -2.19. The predicted molar refractivity (Wildman–Crippen MR) is 193 cm³/mol. The van der Waals surface area contributed by atoms with E-state index >= 15 is 0 Å². The fourth-order valence-electron chi connectivity index (χ4n) is 7.07. The number of rotatable bonds is 17. The molecule has 0 saturated carbocycles. The Morgan fingerprint density at radius 1 is 0.432 bits per heavy atom. The first-order valence-electron chi connectivity index (χ1n) is 17.8. The molecule has 0 saturated heterocycles. The van der Waals surface area contributed by atoms with Crippen molar-refractivity contribution in [1.82, 2.24) is 0 Å². The molecule has 0 aliphatic carbocycles. The topological polar surface area (TPSA) is 0 Å². The van der Waals surface area contributed by atoms with Crippen LogP contribution in [0.3, 0.4) is 0 Å². The van der Waals surface area contributed by atoms with Crippen LogP contribution in [0.15, 0.2) is 84.9 Å². The summed E-state index contributed by atoms with van der Waals surface area (Å²) in [5.41, 5.74) is 14.6. The first-order valence-corrected chi connectivity index (χ1v) is 17.8. The van der Waals surface area contributed by atoms with E-state index in [1.807, 2.05) is 0 Å². The zero-order valence-corrected chi connectivity index (χ0v) is 28.6. The van der Waals surface area contributed by atoms with Gasteiger partial charge in [-0.15, -0.1) is 0 Å². The Morgan fingerprint density at radius 2 is 0.864 bits per heavy atom. The highest BCUT2D eigenvalue weighted by molar-refractivity contribution is 5.60. The third-order valence-electron chi connectivity index (χ3n) is 8.88. The van der Waals surface area contributed by atoms with Gasteiger partial charge in [-0.1, -0.05) is 165 Å². The Kier molecular flexibility index (Phi) is 13.3. The summed E-state index contributed by atoms with van der Waals surface area (Å²) in [5.74, 6) is 1.64. The molecule has 0 nitrogen and oxygen atoms in total. The minimum atomic E-state index is 0.160. The largest absolute Gasteiger partial charge is 0.0651 e. The maximum absolute atomic E-state index is 2.57. The van der Waals surface area contributed by atoms with Crippen molar-refractivity contribution in [2.24, 2.45) is 0 Å². The molecule has 0 aliphatic rings. The molecule has 233 valence electrons. The van der Waals surface area contributed by atoms with Gasteiger partial charge in [-0.25, -0.2) is 0 Å². The molecule has 0 heterocycles. The number of hydrogen-bond acceptors (Lipinski definition) is 0. The van der Waals surface area contributed by atoms with Crippen LogP contribution in [0.1, 0.15) is 142 Å². The SMILES string of the molecule is CCCc1cc(CCC)cc([C](c2cc(CCC)cc(CCC)c2)C(c2ccccc2)c2cc(CCC)ccc2CCC)c1. The lowest BCUT2D eigenvalue weighted by molar-refractivity contribution is 0.811. The number of hydrogen-bond donors (Lipinski definition) is 0. The highest BCUT2D eigenvalue weighted by Gasteiger charge is 2.32. The van der Waals surface area contributed by atoms with Crippen LogP contribution in [-0.2, 0) is 38.5 Å². The van der Waals surface area contributed by atoms with Gasteiger partial charge in [0, 0.05) is 11.8 Å². The molecule has 0 heteroatoms. The molecule has 0 N–H and O–H groups in total. The molecule has 1 radical (unpaired) electrons. The van der Waals surface area contributed by atoms with E-state index in [1.165, 1.54) is 87.2 Å². The van der Waals surface area contributed by atoms with Gasteiger partial charge in [0.25, 0.3) is 0 Å². The second-order valence-electron chi connectivity index (χ2n) is 12.9. The van der Waals surface area contributed by atoms with Gasteiger partial charge in [0.2, 0.25) is 0 Å². The Balaban J connectivity index is 2.10. The van der Waals surface area contributed by atoms with Crippen molar-refractivity contribution < 1.29 is 0 Å². The molecule has 0 aliphatic heterocycles. The molecule has 0 amide bonds. The average Bonchev–Trinajstić information content (AvgIpc) is 3.02. The van der Waals surface area contributed by atoms with E-state index in [2.05, 4.69) is 126 Å². The van der Waals surface area contributed by atoms with Crippen molar-refractivity contribution >= 4 is 0 Å². The minimum absolute atomic E-state index is 0.160. The van der Waals surface area contributed by atoms with Crippen LogP contribution in [0, 0.1) is 5.92 Å². The van der Waals surface area contributed by atoms with E-state index in [9.17, 15) is 0 Å². The van der Waals surface area contributed by atoms with Crippen LogP contribution in [0.25, 0.3) is 0 Å². The summed E-state index contributed by atoms with van der Waals surface area (Å²) < 4.78 is 0.